The lowest BCUT2D eigenvalue weighted by atomic mass is 10.3. The number of ether oxygens (including phenoxy) is 1. The molecule has 0 bridgehead atoms. The van der Waals surface area contributed by atoms with Crippen molar-refractivity contribution in [1.82, 2.24) is 9.80 Å². The van der Waals surface area contributed by atoms with E-state index < -0.39 is 0 Å². The molecule has 0 aromatic carbocycles. The maximum atomic E-state index is 12.0. The minimum atomic E-state index is -0.296. The zero-order valence-electron chi connectivity index (χ0n) is 11.4. The molecule has 0 heterocycles. The molecule has 1 rings (SSSR count). The summed E-state index contributed by atoms with van der Waals surface area (Å²) in [6, 6.07) is 0. The Balaban J connectivity index is 2.36. The molecule has 0 atom stereocenters. The monoisotopic (exact) mass is 254 g/mol. The van der Waals surface area contributed by atoms with Crippen LogP contribution in [0.15, 0.2) is 11.8 Å². The SMILES string of the molecule is CCOC(=O)CN(C)CC(=O)N(C)C1=CCCC1. The molecule has 1 amide bonds. The first-order valence-corrected chi connectivity index (χ1v) is 6.34. The lowest BCUT2D eigenvalue weighted by Crippen LogP contribution is -2.38. The van der Waals surface area contributed by atoms with Gasteiger partial charge >= 0.3 is 5.97 Å². The number of esters is 1. The molecule has 0 saturated heterocycles. The van der Waals surface area contributed by atoms with Crippen molar-refractivity contribution in [2.75, 3.05) is 33.8 Å². The third-order valence-electron chi connectivity index (χ3n) is 2.93. The first kappa shape index (κ1) is 14.7. The van der Waals surface area contributed by atoms with Crippen LogP contribution in [0, 0.1) is 0 Å². The lowest BCUT2D eigenvalue weighted by molar-refractivity contribution is -0.144. The molecule has 0 aromatic heterocycles. The zero-order chi connectivity index (χ0) is 13.5. The van der Waals surface area contributed by atoms with E-state index in [2.05, 4.69) is 6.08 Å². The molecule has 18 heavy (non-hydrogen) atoms. The smallest absolute Gasteiger partial charge is 0.320 e. The standard InChI is InChI=1S/C13H22N2O3/c1-4-18-13(17)10-14(2)9-12(16)15(3)11-7-5-6-8-11/h7H,4-6,8-10H2,1-3H3. The fraction of sp³-hybridized carbons (Fsp3) is 0.692. The highest BCUT2D eigenvalue weighted by atomic mass is 16.5. The molecular formula is C13H22N2O3. The van der Waals surface area contributed by atoms with Crippen molar-refractivity contribution in [3.05, 3.63) is 11.8 Å². The van der Waals surface area contributed by atoms with Crippen molar-refractivity contribution in [3.8, 4) is 0 Å². The van der Waals surface area contributed by atoms with E-state index in [9.17, 15) is 9.59 Å². The minimum Gasteiger partial charge on any atom is -0.465 e. The summed E-state index contributed by atoms with van der Waals surface area (Å²) < 4.78 is 4.84. The first-order valence-electron chi connectivity index (χ1n) is 6.34. The molecule has 0 unspecified atom stereocenters. The van der Waals surface area contributed by atoms with Crippen molar-refractivity contribution < 1.29 is 14.3 Å². The summed E-state index contributed by atoms with van der Waals surface area (Å²) in [5.41, 5.74) is 1.09. The maximum Gasteiger partial charge on any atom is 0.320 e. The zero-order valence-corrected chi connectivity index (χ0v) is 11.4. The second-order valence-electron chi connectivity index (χ2n) is 4.52. The molecule has 0 saturated carbocycles. The Morgan fingerprint density at radius 2 is 2.06 bits per heavy atom. The molecule has 0 fully saturated rings. The maximum absolute atomic E-state index is 12.0. The highest BCUT2D eigenvalue weighted by Gasteiger charge is 2.18. The largest absolute Gasteiger partial charge is 0.465 e. The summed E-state index contributed by atoms with van der Waals surface area (Å²) in [6.45, 7) is 2.51. The van der Waals surface area contributed by atoms with Crippen molar-refractivity contribution >= 4 is 11.9 Å². The molecule has 0 N–H and O–H groups in total. The Hall–Kier alpha value is -1.36. The molecule has 0 aromatic rings. The van der Waals surface area contributed by atoms with E-state index in [0.29, 0.717) is 6.61 Å². The number of amides is 1. The number of carbonyl (C=O) groups is 2. The van der Waals surface area contributed by atoms with E-state index in [1.165, 1.54) is 0 Å². The van der Waals surface area contributed by atoms with Gasteiger partial charge in [0.1, 0.15) is 0 Å². The fourth-order valence-electron chi connectivity index (χ4n) is 1.94. The summed E-state index contributed by atoms with van der Waals surface area (Å²) in [5.74, 6) is -0.287. The quantitative estimate of drug-likeness (QED) is 0.664. The van der Waals surface area contributed by atoms with Crippen LogP contribution in [-0.2, 0) is 14.3 Å². The van der Waals surface area contributed by atoms with E-state index in [4.69, 9.17) is 4.74 Å². The van der Waals surface area contributed by atoms with E-state index in [1.807, 2.05) is 0 Å². The Bertz CT molecular complexity index is 339. The molecule has 0 spiro atoms. The molecular weight excluding hydrogens is 232 g/mol. The molecule has 5 nitrogen and oxygen atoms in total. The number of rotatable bonds is 6. The number of hydrogen-bond donors (Lipinski definition) is 0. The normalized spacial score (nSPS) is 14.6. The van der Waals surface area contributed by atoms with Crippen molar-refractivity contribution in [3.63, 3.8) is 0 Å². The average Bonchev–Trinajstić information content (AvgIpc) is 2.81. The van der Waals surface area contributed by atoms with Gasteiger partial charge in [0.15, 0.2) is 0 Å². The Labute approximate surface area is 108 Å². The van der Waals surface area contributed by atoms with Crippen LogP contribution < -0.4 is 0 Å². The topological polar surface area (TPSA) is 49.9 Å². The summed E-state index contributed by atoms with van der Waals surface area (Å²) in [6.07, 6.45) is 5.23. The molecule has 102 valence electrons. The van der Waals surface area contributed by atoms with E-state index in [1.54, 1.807) is 30.8 Å². The molecule has 1 aliphatic carbocycles. The van der Waals surface area contributed by atoms with Gasteiger partial charge < -0.3 is 9.64 Å². The third kappa shape index (κ3) is 4.49. The van der Waals surface area contributed by atoms with Crippen LogP contribution >= 0.6 is 0 Å². The van der Waals surface area contributed by atoms with Crippen LogP contribution in [-0.4, -0.2) is 55.5 Å². The van der Waals surface area contributed by atoms with Crippen LogP contribution in [0.1, 0.15) is 26.2 Å². The van der Waals surface area contributed by atoms with Crippen molar-refractivity contribution in [2.24, 2.45) is 0 Å². The average molecular weight is 254 g/mol. The molecule has 5 heteroatoms. The van der Waals surface area contributed by atoms with E-state index in [-0.39, 0.29) is 25.0 Å². The van der Waals surface area contributed by atoms with Gasteiger partial charge in [0, 0.05) is 12.7 Å². The van der Waals surface area contributed by atoms with Gasteiger partial charge in [0.05, 0.1) is 19.7 Å². The Morgan fingerprint density at radius 3 is 2.61 bits per heavy atom. The van der Waals surface area contributed by atoms with Gasteiger partial charge in [-0.2, -0.15) is 0 Å². The molecule has 0 aliphatic heterocycles. The molecule has 1 aliphatic rings. The number of carbonyl (C=O) groups excluding carboxylic acids is 2. The predicted molar refractivity (Wildman–Crippen MR) is 68.8 cm³/mol. The van der Waals surface area contributed by atoms with Gasteiger partial charge in [0.25, 0.3) is 0 Å². The third-order valence-corrected chi connectivity index (χ3v) is 2.93. The van der Waals surface area contributed by atoms with Gasteiger partial charge in [-0.1, -0.05) is 6.08 Å². The minimum absolute atomic E-state index is 0.00921. The van der Waals surface area contributed by atoms with Gasteiger partial charge in [-0.3, -0.25) is 14.5 Å². The Kier molecular flexibility index (Phi) is 5.85. The summed E-state index contributed by atoms with van der Waals surface area (Å²) in [7, 11) is 3.53. The van der Waals surface area contributed by atoms with Gasteiger partial charge in [-0.05, 0) is 33.2 Å². The van der Waals surface area contributed by atoms with Crippen LogP contribution in [0.2, 0.25) is 0 Å². The predicted octanol–water partition coefficient (Wildman–Crippen LogP) is 1.01. The van der Waals surface area contributed by atoms with E-state index in [0.717, 1.165) is 25.0 Å². The second-order valence-corrected chi connectivity index (χ2v) is 4.52. The van der Waals surface area contributed by atoms with Gasteiger partial charge in [-0.25, -0.2) is 0 Å². The lowest BCUT2D eigenvalue weighted by Gasteiger charge is -2.22. The number of likely N-dealkylation sites (N-methyl/N-ethyl adjacent to an activating group) is 2. The first-order chi connectivity index (χ1) is 8.54. The number of hydrogen-bond acceptors (Lipinski definition) is 4. The number of allylic oxidation sites excluding steroid dienone is 2. The molecule has 0 radical (unpaired) electrons. The van der Waals surface area contributed by atoms with Crippen molar-refractivity contribution in [1.29, 1.82) is 0 Å². The summed E-state index contributed by atoms with van der Waals surface area (Å²) in [4.78, 5) is 26.6. The van der Waals surface area contributed by atoms with Gasteiger partial charge in [0.2, 0.25) is 5.91 Å². The Morgan fingerprint density at radius 1 is 1.33 bits per heavy atom. The number of nitrogens with zero attached hydrogens (tertiary/aromatic N) is 2. The second kappa shape index (κ2) is 7.16. The van der Waals surface area contributed by atoms with Crippen LogP contribution in [0.4, 0.5) is 0 Å². The van der Waals surface area contributed by atoms with Crippen molar-refractivity contribution in [2.45, 2.75) is 26.2 Å². The van der Waals surface area contributed by atoms with Crippen LogP contribution in [0.5, 0.6) is 0 Å². The van der Waals surface area contributed by atoms with Crippen LogP contribution in [0.25, 0.3) is 0 Å². The fourth-order valence-corrected chi connectivity index (χ4v) is 1.94. The summed E-state index contributed by atoms with van der Waals surface area (Å²) in [5, 5.41) is 0. The summed E-state index contributed by atoms with van der Waals surface area (Å²) >= 11 is 0. The van der Waals surface area contributed by atoms with Gasteiger partial charge in [-0.15, -0.1) is 0 Å². The highest BCUT2D eigenvalue weighted by Crippen LogP contribution is 2.20. The van der Waals surface area contributed by atoms with E-state index >= 15 is 0 Å². The highest BCUT2D eigenvalue weighted by molar-refractivity contribution is 5.80. The van der Waals surface area contributed by atoms with Crippen LogP contribution in [0.3, 0.4) is 0 Å².